The van der Waals surface area contributed by atoms with Crippen molar-refractivity contribution in [3.8, 4) is 0 Å². The van der Waals surface area contributed by atoms with E-state index in [1.807, 2.05) is 11.3 Å². The van der Waals surface area contributed by atoms with Crippen molar-refractivity contribution in [1.29, 1.82) is 0 Å². The highest BCUT2D eigenvalue weighted by Gasteiger charge is 2.41. The molecule has 1 aliphatic rings. The van der Waals surface area contributed by atoms with Gasteiger partial charge in [0.25, 0.3) is 0 Å². The summed E-state index contributed by atoms with van der Waals surface area (Å²) in [6.07, 6.45) is 6.37. The number of hydrogen-bond acceptors (Lipinski definition) is 3. The maximum absolute atomic E-state index is 4.84. The van der Waals surface area contributed by atoms with E-state index in [4.69, 9.17) is 4.98 Å². The number of aromatic nitrogens is 1. The van der Waals surface area contributed by atoms with Gasteiger partial charge in [0, 0.05) is 4.88 Å². The molecule has 0 unspecified atom stereocenters. The van der Waals surface area contributed by atoms with Crippen molar-refractivity contribution in [1.82, 2.24) is 10.3 Å². The summed E-state index contributed by atoms with van der Waals surface area (Å²) in [5.74, 6) is 0.858. The van der Waals surface area contributed by atoms with Crippen LogP contribution in [-0.2, 0) is 5.54 Å². The molecule has 1 aliphatic carbocycles. The number of thiazole rings is 1. The molecular formula is C17H30N2S. The molecule has 0 amide bonds. The summed E-state index contributed by atoms with van der Waals surface area (Å²) >= 11 is 1.89. The molecule has 1 N–H and O–H groups in total. The predicted octanol–water partition coefficient (Wildman–Crippen LogP) is 4.80. The largest absolute Gasteiger partial charge is 0.308 e. The maximum Gasteiger partial charge on any atom is 0.113 e. The van der Waals surface area contributed by atoms with Gasteiger partial charge in [-0.3, -0.25) is 0 Å². The molecule has 0 radical (unpaired) electrons. The van der Waals surface area contributed by atoms with Gasteiger partial charge in [0.05, 0.1) is 11.2 Å². The van der Waals surface area contributed by atoms with E-state index < -0.39 is 0 Å². The fourth-order valence-corrected chi connectivity index (χ4v) is 4.60. The average Bonchev–Trinajstić information content (AvgIpc) is 2.79. The number of aryl methyl sites for hydroxylation is 2. The molecule has 20 heavy (non-hydrogen) atoms. The Bertz CT molecular complexity index is 434. The summed E-state index contributed by atoms with van der Waals surface area (Å²) in [6.45, 7) is 11.5. The number of hydrogen-bond donors (Lipinski definition) is 1. The first kappa shape index (κ1) is 16.0. The van der Waals surface area contributed by atoms with Crippen LogP contribution in [0.1, 0.15) is 68.5 Å². The lowest BCUT2D eigenvalue weighted by atomic mass is 9.65. The van der Waals surface area contributed by atoms with E-state index in [-0.39, 0.29) is 5.54 Å². The molecule has 0 spiro atoms. The Kier molecular flexibility index (Phi) is 4.60. The van der Waals surface area contributed by atoms with Crippen LogP contribution in [-0.4, -0.2) is 12.0 Å². The molecule has 1 heterocycles. The second-order valence-electron chi connectivity index (χ2n) is 7.11. The summed E-state index contributed by atoms with van der Waals surface area (Å²) in [6, 6.07) is 0. The minimum absolute atomic E-state index is 0.129. The maximum atomic E-state index is 4.84. The van der Waals surface area contributed by atoms with Crippen LogP contribution in [0.25, 0.3) is 0 Å². The lowest BCUT2D eigenvalue weighted by molar-refractivity contribution is 0.101. The molecule has 0 saturated heterocycles. The Morgan fingerprint density at radius 1 is 1.30 bits per heavy atom. The minimum Gasteiger partial charge on any atom is -0.308 e. The van der Waals surface area contributed by atoms with Gasteiger partial charge in [-0.25, -0.2) is 4.98 Å². The van der Waals surface area contributed by atoms with Gasteiger partial charge >= 0.3 is 0 Å². The highest BCUT2D eigenvalue weighted by molar-refractivity contribution is 7.11. The highest BCUT2D eigenvalue weighted by atomic mass is 32.1. The van der Waals surface area contributed by atoms with Crippen molar-refractivity contribution in [2.75, 3.05) is 7.05 Å². The first-order valence-corrected chi connectivity index (χ1v) is 8.79. The predicted molar refractivity (Wildman–Crippen MR) is 88.4 cm³/mol. The van der Waals surface area contributed by atoms with Crippen LogP contribution in [0.5, 0.6) is 0 Å². The molecule has 0 aromatic carbocycles. The lowest BCUT2D eigenvalue weighted by Crippen LogP contribution is -2.45. The molecule has 1 aromatic heterocycles. The van der Waals surface area contributed by atoms with E-state index in [9.17, 15) is 0 Å². The second-order valence-corrected chi connectivity index (χ2v) is 8.31. The molecule has 3 heteroatoms. The summed E-state index contributed by atoms with van der Waals surface area (Å²) in [5.41, 5.74) is 1.81. The lowest BCUT2D eigenvalue weighted by Gasteiger charge is -2.44. The Labute approximate surface area is 128 Å². The van der Waals surface area contributed by atoms with E-state index in [0.717, 1.165) is 5.92 Å². The Morgan fingerprint density at radius 2 is 1.90 bits per heavy atom. The molecule has 1 saturated carbocycles. The Hall–Kier alpha value is -0.410. The number of rotatable bonds is 4. The van der Waals surface area contributed by atoms with E-state index in [0.29, 0.717) is 5.41 Å². The topological polar surface area (TPSA) is 24.9 Å². The van der Waals surface area contributed by atoms with Crippen molar-refractivity contribution in [3.05, 3.63) is 15.6 Å². The van der Waals surface area contributed by atoms with Crippen molar-refractivity contribution in [2.45, 2.75) is 72.3 Å². The zero-order chi connectivity index (χ0) is 15.0. The summed E-state index contributed by atoms with van der Waals surface area (Å²) in [4.78, 5) is 6.21. The van der Waals surface area contributed by atoms with Crippen molar-refractivity contribution < 1.29 is 0 Å². The van der Waals surface area contributed by atoms with E-state index in [1.54, 1.807) is 0 Å². The first-order chi connectivity index (χ1) is 9.34. The summed E-state index contributed by atoms with van der Waals surface area (Å²) in [5, 5.41) is 4.92. The van der Waals surface area contributed by atoms with E-state index in [1.165, 1.54) is 47.7 Å². The normalized spacial score (nSPS) is 27.8. The van der Waals surface area contributed by atoms with Gasteiger partial charge in [0.1, 0.15) is 5.01 Å². The van der Waals surface area contributed by atoms with Gasteiger partial charge < -0.3 is 5.32 Å². The third-order valence-corrected chi connectivity index (χ3v) is 7.05. The monoisotopic (exact) mass is 294 g/mol. The molecule has 1 fully saturated rings. The Balaban J connectivity index is 2.16. The van der Waals surface area contributed by atoms with Gasteiger partial charge in [0.15, 0.2) is 0 Å². The van der Waals surface area contributed by atoms with Crippen LogP contribution in [0.4, 0.5) is 0 Å². The first-order valence-electron chi connectivity index (χ1n) is 7.98. The fourth-order valence-electron chi connectivity index (χ4n) is 3.43. The van der Waals surface area contributed by atoms with Crippen molar-refractivity contribution in [2.24, 2.45) is 11.3 Å². The van der Waals surface area contributed by atoms with Gasteiger partial charge in [-0.2, -0.15) is 0 Å². The molecule has 2 rings (SSSR count). The minimum atomic E-state index is 0.129. The van der Waals surface area contributed by atoms with Crippen LogP contribution in [0.2, 0.25) is 0 Å². The standard InChI is InChI=1S/C17H30N2S/c1-7-16(4,5)14-8-10-17(18-6,11-9-14)15-19-12(2)13(3)20-15/h14,18H,7-11H2,1-6H3. The molecule has 114 valence electrons. The highest BCUT2D eigenvalue weighted by Crippen LogP contribution is 2.47. The smallest absolute Gasteiger partial charge is 0.113 e. The van der Waals surface area contributed by atoms with Crippen LogP contribution in [0.15, 0.2) is 0 Å². The zero-order valence-electron chi connectivity index (χ0n) is 14.0. The van der Waals surface area contributed by atoms with Gasteiger partial charge in [-0.1, -0.05) is 27.2 Å². The van der Waals surface area contributed by atoms with E-state index >= 15 is 0 Å². The van der Waals surface area contributed by atoms with Crippen molar-refractivity contribution in [3.63, 3.8) is 0 Å². The van der Waals surface area contributed by atoms with Gasteiger partial charge in [0.2, 0.25) is 0 Å². The molecule has 0 atom stereocenters. The fraction of sp³-hybridized carbons (Fsp3) is 0.824. The van der Waals surface area contributed by atoms with Gasteiger partial charge in [-0.05, 0) is 57.9 Å². The van der Waals surface area contributed by atoms with E-state index in [2.05, 4.69) is 47.0 Å². The summed E-state index contributed by atoms with van der Waals surface area (Å²) < 4.78 is 0. The molecule has 0 aliphatic heterocycles. The van der Waals surface area contributed by atoms with Crippen LogP contribution in [0, 0.1) is 25.2 Å². The van der Waals surface area contributed by atoms with Crippen molar-refractivity contribution >= 4 is 11.3 Å². The van der Waals surface area contributed by atoms with Crippen LogP contribution < -0.4 is 5.32 Å². The summed E-state index contributed by atoms with van der Waals surface area (Å²) in [7, 11) is 2.11. The number of nitrogens with zero attached hydrogens (tertiary/aromatic N) is 1. The quantitative estimate of drug-likeness (QED) is 0.862. The number of nitrogens with one attached hydrogen (secondary N) is 1. The molecule has 1 aromatic rings. The Morgan fingerprint density at radius 3 is 2.30 bits per heavy atom. The second kappa shape index (κ2) is 5.76. The van der Waals surface area contributed by atoms with Gasteiger partial charge in [-0.15, -0.1) is 11.3 Å². The zero-order valence-corrected chi connectivity index (χ0v) is 14.8. The third kappa shape index (κ3) is 2.80. The molecular weight excluding hydrogens is 264 g/mol. The van der Waals surface area contributed by atoms with Crippen LogP contribution >= 0.6 is 11.3 Å². The third-order valence-electron chi connectivity index (χ3n) is 5.77. The molecule has 0 bridgehead atoms. The SMILES string of the molecule is CCC(C)(C)C1CCC(NC)(c2nc(C)c(C)s2)CC1. The average molecular weight is 295 g/mol. The van der Waals surface area contributed by atoms with Crippen LogP contribution in [0.3, 0.4) is 0 Å². The molecule has 2 nitrogen and oxygen atoms in total.